The maximum Gasteiger partial charge on any atom is 0.228 e. The van der Waals surface area contributed by atoms with Crippen LogP contribution in [0.3, 0.4) is 0 Å². The Kier molecular flexibility index (Phi) is 3.83. The van der Waals surface area contributed by atoms with E-state index in [0.717, 1.165) is 43.9 Å². The zero-order chi connectivity index (χ0) is 11.6. The van der Waals surface area contributed by atoms with Crippen molar-refractivity contribution in [1.82, 2.24) is 4.90 Å². The first kappa shape index (κ1) is 12.3. The molecule has 1 saturated carbocycles. The van der Waals surface area contributed by atoms with Crippen molar-refractivity contribution in [2.24, 2.45) is 11.3 Å². The first-order chi connectivity index (χ1) is 7.64. The minimum absolute atomic E-state index is 0.0379. The number of amides is 1. The van der Waals surface area contributed by atoms with Gasteiger partial charge in [0.1, 0.15) is 0 Å². The van der Waals surface area contributed by atoms with Crippen LogP contribution in [0.25, 0.3) is 0 Å². The van der Waals surface area contributed by atoms with E-state index in [1.165, 1.54) is 6.42 Å². The van der Waals surface area contributed by atoms with E-state index in [0.29, 0.717) is 11.8 Å². The van der Waals surface area contributed by atoms with E-state index < -0.39 is 0 Å². The molecular formula is C13H23NOS. The SMILES string of the molecule is CC(C)CC1(C(=O)N2CCSCC2)CCC1. The van der Waals surface area contributed by atoms with E-state index in [9.17, 15) is 4.79 Å². The molecule has 1 heterocycles. The van der Waals surface area contributed by atoms with Gasteiger partial charge in [-0.2, -0.15) is 11.8 Å². The van der Waals surface area contributed by atoms with Crippen molar-refractivity contribution in [3.05, 3.63) is 0 Å². The third-order valence-electron chi connectivity index (χ3n) is 3.86. The summed E-state index contributed by atoms with van der Waals surface area (Å²) >= 11 is 1.97. The lowest BCUT2D eigenvalue weighted by Gasteiger charge is -2.45. The van der Waals surface area contributed by atoms with Crippen LogP contribution in [0.4, 0.5) is 0 Å². The standard InChI is InChI=1S/C13H23NOS/c1-11(2)10-13(4-3-5-13)12(15)14-6-8-16-9-7-14/h11H,3-10H2,1-2H3. The Labute approximate surface area is 103 Å². The highest BCUT2D eigenvalue weighted by atomic mass is 32.2. The summed E-state index contributed by atoms with van der Waals surface area (Å²) in [5, 5.41) is 0. The Hall–Kier alpha value is -0.180. The molecule has 92 valence electrons. The molecule has 1 amide bonds. The highest BCUT2D eigenvalue weighted by molar-refractivity contribution is 7.99. The highest BCUT2D eigenvalue weighted by Crippen LogP contribution is 2.47. The van der Waals surface area contributed by atoms with Crippen LogP contribution in [-0.2, 0) is 4.79 Å². The van der Waals surface area contributed by atoms with Gasteiger partial charge < -0.3 is 4.90 Å². The van der Waals surface area contributed by atoms with Gasteiger partial charge in [0, 0.05) is 30.0 Å². The minimum atomic E-state index is 0.0379. The van der Waals surface area contributed by atoms with Crippen LogP contribution in [0, 0.1) is 11.3 Å². The highest BCUT2D eigenvalue weighted by Gasteiger charge is 2.46. The summed E-state index contributed by atoms with van der Waals surface area (Å²) in [4.78, 5) is 14.7. The number of carbonyl (C=O) groups excluding carboxylic acids is 1. The maximum absolute atomic E-state index is 12.6. The molecule has 0 unspecified atom stereocenters. The van der Waals surface area contributed by atoms with Crippen molar-refractivity contribution in [3.63, 3.8) is 0 Å². The molecule has 0 atom stereocenters. The van der Waals surface area contributed by atoms with E-state index in [2.05, 4.69) is 18.7 Å². The summed E-state index contributed by atoms with van der Waals surface area (Å²) in [5.41, 5.74) is 0.0379. The Morgan fingerprint density at radius 3 is 2.38 bits per heavy atom. The number of hydrogen-bond acceptors (Lipinski definition) is 2. The molecule has 2 aliphatic rings. The molecule has 0 N–H and O–H groups in total. The quantitative estimate of drug-likeness (QED) is 0.757. The van der Waals surface area contributed by atoms with Gasteiger partial charge in [-0.15, -0.1) is 0 Å². The normalized spacial score (nSPS) is 24.3. The molecule has 1 aliphatic heterocycles. The van der Waals surface area contributed by atoms with Crippen LogP contribution in [0.1, 0.15) is 39.5 Å². The number of nitrogens with zero attached hydrogens (tertiary/aromatic N) is 1. The fourth-order valence-electron chi connectivity index (χ4n) is 2.99. The summed E-state index contributed by atoms with van der Waals surface area (Å²) in [6.45, 7) is 6.42. The van der Waals surface area contributed by atoms with E-state index in [-0.39, 0.29) is 5.41 Å². The largest absolute Gasteiger partial charge is 0.341 e. The molecular weight excluding hydrogens is 218 g/mol. The summed E-state index contributed by atoms with van der Waals surface area (Å²) in [6, 6.07) is 0. The maximum atomic E-state index is 12.6. The Balaban J connectivity index is 1.99. The van der Waals surface area contributed by atoms with Gasteiger partial charge in [0.2, 0.25) is 5.91 Å². The van der Waals surface area contributed by atoms with Gasteiger partial charge in [-0.05, 0) is 25.2 Å². The Morgan fingerprint density at radius 2 is 1.94 bits per heavy atom. The molecule has 0 aromatic heterocycles. The number of carbonyl (C=O) groups is 1. The van der Waals surface area contributed by atoms with Crippen LogP contribution < -0.4 is 0 Å². The van der Waals surface area contributed by atoms with Gasteiger partial charge in [-0.1, -0.05) is 20.3 Å². The summed E-state index contributed by atoms with van der Waals surface area (Å²) < 4.78 is 0. The fourth-order valence-corrected chi connectivity index (χ4v) is 3.90. The molecule has 2 rings (SSSR count). The van der Waals surface area contributed by atoms with E-state index in [1.807, 2.05) is 11.8 Å². The summed E-state index contributed by atoms with van der Waals surface area (Å²) in [6.07, 6.45) is 4.61. The zero-order valence-electron chi connectivity index (χ0n) is 10.5. The topological polar surface area (TPSA) is 20.3 Å². The molecule has 0 bridgehead atoms. The third kappa shape index (κ3) is 2.39. The third-order valence-corrected chi connectivity index (χ3v) is 4.80. The number of thioether (sulfide) groups is 1. The lowest BCUT2D eigenvalue weighted by molar-refractivity contribution is -0.148. The van der Waals surface area contributed by atoms with Crippen molar-refractivity contribution < 1.29 is 4.79 Å². The summed E-state index contributed by atoms with van der Waals surface area (Å²) in [5.74, 6) is 3.36. The van der Waals surface area contributed by atoms with Crippen molar-refractivity contribution in [3.8, 4) is 0 Å². The first-order valence-electron chi connectivity index (χ1n) is 6.51. The van der Waals surface area contributed by atoms with Crippen LogP contribution in [0.2, 0.25) is 0 Å². The van der Waals surface area contributed by atoms with Crippen molar-refractivity contribution in [1.29, 1.82) is 0 Å². The van der Waals surface area contributed by atoms with Gasteiger partial charge >= 0.3 is 0 Å². The van der Waals surface area contributed by atoms with E-state index in [4.69, 9.17) is 0 Å². The summed E-state index contributed by atoms with van der Waals surface area (Å²) in [7, 11) is 0. The molecule has 0 radical (unpaired) electrons. The van der Waals surface area contributed by atoms with Gasteiger partial charge in [0.25, 0.3) is 0 Å². The van der Waals surface area contributed by atoms with Crippen LogP contribution >= 0.6 is 11.8 Å². The smallest absolute Gasteiger partial charge is 0.228 e. The predicted molar refractivity (Wildman–Crippen MR) is 69.6 cm³/mol. The Morgan fingerprint density at radius 1 is 1.31 bits per heavy atom. The molecule has 2 fully saturated rings. The molecule has 16 heavy (non-hydrogen) atoms. The number of hydrogen-bond donors (Lipinski definition) is 0. The average molecular weight is 241 g/mol. The van der Waals surface area contributed by atoms with Gasteiger partial charge in [-0.25, -0.2) is 0 Å². The minimum Gasteiger partial charge on any atom is -0.341 e. The molecule has 3 heteroatoms. The lowest BCUT2D eigenvalue weighted by Crippen LogP contribution is -2.51. The molecule has 1 saturated heterocycles. The zero-order valence-corrected chi connectivity index (χ0v) is 11.3. The molecule has 2 nitrogen and oxygen atoms in total. The molecule has 1 aliphatic carbocycles. The van der Waals surface area contributed by atoms with Crippen molar-refractivity contribution in [2.45, 2.75) is 39.5 Å². The van der Waals surface area contributed by atoms with E-state index >= 15 is 0 Å². The van der Waals surface area contributed by atoms with Crippen LogP contribution in [0.15, 0.2) is 0 Å². The van der Waals surface area contributed by atoms with Gasteiger partial charge in [-0.3, -0.25) is 4.79 Å². The average Bonchev–Trinajstić information content (AvgIpc) is 2.23. The van der Waals surface area contributed by atoms with Crippen LogP contribution in [-0.4, -0.2) is 35.4 Å². The first-order valence-corrected chi connectivity index (χ1v) is 7.67. The monoisotopic (exact) mass is 241 g/mol. The van der Waals surface area contributed by atoms with Gasteiger partial charge in [0.05, 0.1) is 0 Å². The van der Waals surface area contributed by atoms with Gasteiger partial charge in [0.15, 0.2) is 0 Å². The van der Waals surface area contributed by atoms with Crippen molar-refractivity contribution in [2.75, 3.05) is 24.6 Å². The predicted octanol–water partition coefficient (Wildman–Crippen LogP) is 2.78. The molecule has 0 aromatic carbocycles. The second-order valence-corrected chi connectivity index (χ2v) is 6.86. The van der Waals surface area contributed by atoms with E-state index in [1.54, 1.807) is 0 Å². The number of rotatable bonds is 3. The Bertz CT molecular complexity index is 255. The molecule has 0 spiro atoms. The second-order valence-electron chi connectivity index (χ2n) is 5.64. The lowest BCUT2D eigenvalue weighted by atomic mass is 9.63. The second kappa shape index (κ2) is 4.99. The van der Waals surface area contributed by atoms with Crippen molar-refractivity contribution >= 4 is 17.7 Å². The molecule has 0 aromatic rings. The fraction of sp³-hybridized carbons (Fsp3) is 0.923. The van der Waals surface area contributed by atoms with Crippen LogP contribution in [0.5, 0.6) is 0 Å².